The maximum Gasteiger partial charge on any atom is 0.251 e. The highest BCUT2D eigenvalue weighted by Gasteiger charge is 2.07. The van der Waals surface area contributed by atoms with Gasteiger partial charge in [0.2, 0.25) is 10.0 Å². The number of hydrogen-bond acceptors (Lipinski definition) is 6. The molecule has 166 valence electrons. The molecule has 0 bridgehead atoms. The van der Waals surface area contributed by atoms with Crippen molar-refractivity contribution in [1.29, 1.82) is 0 Å². The van der Waals surface area contributed by atoms with Crippen LogP contribution in [-0.4, -0.2) is 54.4 Å². The van der Waals surface area contributed by atoms with Crippen molar-refractivity contribution in [1.82, 2.24) is 10.6 Å². The number of amides is 1. The lowest BCUT2D eigenvalue weighted by atomic mass is 10.1. The first kappa shape index (κ1) is 25.5. The Morgan fingerprint density at radius 3 is 2.20 bits per heavy atom. The average Bonchev–Trinajstić information content (AvgIpc) is 2.69. The van der Waals surface area contributed by atoms with Crippen molar-refractivity contribution in [3.63, 3.8) is 0 Å². The number of methoxy groups -OCH3 is 2. The van der Waals surface area contributed by atoms with Crippen LogP contribution >= 0.6 is 12.4 Å². The Morgan fingerprint density at radius 1 is 0.933 bits per heavy atom. The minimum absolute atomic E-state index is 0. The van der Waals surface area contributed by atoms with Crippen LogP contribution in [0.5, 0.6) is 11.5 Å². The number of anilines is 1. The number of nitrogens with one attached hydrogen (secondary N) is 3. The fourth-order valence-corrected chi connectivity index (χ4v) is 3.23. The molecule has 8 nitrogen and oxygen atoms in total. The topological polar surface area (TPSA) is 106 Å². The number of ether oxygens (including phenoxy) is 2. The van der Waals surface area contributed by atoms with E-state index in [4.69, 9.17) is 9.47 Å². The summed E-state index contributed by atoms with van der Waals surface area (Å²) in [5.74, 6) is 1.19. The summed E-state index contributed by atoms with van der Waals surface area (Å²) >= 11 is 0. The SMILES string of the molecule is COc1ccc(CCNCCNC(=O)c2ccc(NS(C)(=O)=O)cc2)cc1OC.Cl. The summed E-state index contributed by atoms with van der Waals surface area (Å²) in [4.78, 5) is 12.1. The highest BCUT2D eigenvalue weighted by molar-refractivity contribution is 7.92. The van der Waals surface area contributed by atoms with Crippen LogP contribution < -0.4 is 24.8 Å². The van der Waals surface area contributed by atoms with Crippen molar-refractivity contribution in [3.8, 4) is 11.5 Å². The molecule has 30 heavy (non-hydrogen) atoms. The monoisotopic (exact) mass is 457 g/mol. The van der Waals surface area contributed by atoms with Crippen molar-refractivity contribution in [2.24, 2.45) is 0 Å². The second kappa shape index (κ2) is 12.3. The van der Waals surface area contributed by atoms with Gasteiger partial charge in [0.15, 0.2) is 11.5 Å². The predicted molar refractivity (Wildman–Crippen MR) is 121 cm³/mol. The zero-order valence-electron chi connectivity index (χ0n) is 17.2. The van der Waals surface area contributed by atoms with Crippen molar-refractivity contribution in [2.45, 2.75) is 6.42 Å². The molecule has 2 aromatic rings. The maximum absolute atomic E-state index is 12.1. The van der Waals surface area contributed by atoms with Gasteiger partial charge in [-0.2, -0.15) is 0 Å². The van der Waals surface area contributed by atoms with Gasteiger partial charge in [-0.05, 0) is 54.9 Å². The zero-order valence-corrected chi connectivity index (χ0v) is 18.9. The summed E-state index contributed by atoms with van der Waals surface area (Å²) in [5.41, 5.74) is 2.01. The van der Waals surface area contributed by atoms with Crippen LogP contribution in [0.2, 0.25) is 0 Å². The second-order valence-corrected chi connectivity index (χ2v) is 8.15. The molecule has 0 radical (unpaired) electrons. The van der Waals surface area contributed by atoms with Crippen molar-refractivity contribution in [2.75, 3.05) is 44.8 Å². The van der Waals surface area contributed by atoms with Gasteiger partial charge >= 0.3 is 0 Å². The average molecular weight is 458 g/mol. The molecule has 2 rings (SSSR count). The summed E-state index contributed by atoms with van der Waals surface area (Å²) in [7, 11) is -0.118. The lowest BCUT2D eigenvalue weighted by Gasteiger charge is -2.10. The van der Waals surface area contributed by atoms with E-state index in [2.05, 4.69) is 15.4 Å². The van der Waals surface area contributed by atoms with Crippen LogP contribution in [0.1, 0.15) is 15.9 Å². The second-order valence-electron chi connectivity index (χ2n) is 6.40. The molecule has 2 aromatic carbocycles. The first-order valence-corrected chi connectivity index (χ1v) is 11.0. The van der Waals surface area contributed by atoms with E-state index in [0.717, 1.165) is 24.8 Å². The standard InChI is InChI=1S/C20H27N3O5S.ClH/c1-27-18-9-4-15(14-19(18)28-2)10-11-21-12-13-22-20(24)16-5-7-17(8-6-16)23-29(3,25)26;/h4-9,14,21,23H,10-13H2,1-3H3,(H,22,24);1H. The van der Waals surface area contributed by atoms with E-state index < -0.39 is 10.0 Å². The van der Waals surface area contributed by atoms with Gasteiger partial charge in [0.1, 0.15) is 0 Å². The van der Waals surface area contributed by atoms with Gasteiger partial charge < -0.3 is 20.1 Å². The Bertz CT molecular complexity index is 921. The first-order valence-electron chi connectivity index (χ1n) is 9.10. The van der Waals surface area contributed by atoms with Crippen LogP contribution in [0.4, 0.5) is 5.69 Å². The smallest absolute Gasteiger partial charge is 0.251 e. The molecule has 0 unspecified atom stereocenters. The largest absolute Gasteiger partial charge is 0.493 e. The number of rotatable bonds is 11. The molecule has 0 spiro atoms. The molecule has 0 aliphatic heterocycles. The normalized spacial score (nSPS) is 10.6. The third-order valence-corrected chi connectivity index (χ3v) is 4.68. The van der Waals surface area contributed by atoms with Crippen molar-refractivity contribution in [3.05, 3.63) is 53.6 Å². The predicted octanol–water partition coefficient (Wildman–Crippen LogP) is 2.06. The summed E-state index contributed by atoms with van der Waals surface area (Å²) < 4.78 is 35.3. The molecule has 3 N–H and O–H groups in total. The van der Waals surface area contributed by atoms with Gasteiger partial charge in [0, 0.05) is 24.3 Å². The van der Waals surface area contributed by atoms with Gasteiger partial charge in [0.05, 0.1) is 20.5 Å². The van der Waals surface area contributed by atoms with E-state index >= 15 is 0 Å². The maximum atomic E-state index is 12.1. The van der Waals surface area contributed by atoms with E-state index in [9.17, 15) is 13.2 Å². The minimum atomic E-state index is -3.33. The molecule has 0 fully saturated rings. The van der Waals surface area contributed by atoms with E-state index in [0.29, 0.717) is 35.8 Å². The van der Waals surface area contributed by atoms with Gasteiger partial charge in [-0.25, -0.2) is 8.42 Å². The molecule has 0 aliphatic carbocycles. The number of sulfonamides is 1. The summed E-state index contributed by atoms with van der Waals surface area (Å²) in [6.45, 7) is 1.87. The number of halogens is 1. The Balaban J connectivity index is 0.00000450. The molecule has 0 saturated carbocycles. The van der Waals surface area contributed by atoms with Crippen LogP contribution in [0.15, 0.2) is 42.5 Å². The van der Waals surface area contributed by atoms with Crippen molar-refractivity contribution < 1.29 is 22.7 Å². The molecule has 0 heterocycles. The first-order chi connectivity index (χ1) is 13.8. The number of carbonyl (C=O) groups is 1. The lowest BCUT2D eigenvalue weighted by molar-refractivity contribution is 0.0954. The van der Waals surface area contributed by atoms with Gasteiger partial charge in [-0.1, -0.05) is 6.07 Å². The highest BCUT2D eigenvalue weighted by Crippen LogP contribution is 2.27. The van der Waals surface area contributed by atoms with E-state index in [-0.39, 0.29) is 18.3 Å². The van der Waals surface area contributed by atoms with Crippen molar-refractivity contribution >= 4 is 34.0 Å². The highest BCUT2D eigenvalue weighted by atomic mass is 35.5. The molecule has 0 aliphatic rings. The fraction of sp³-hybridized carbons (Fsp3) is 0.350. The Kier molecular flexibility index (Phi) is 10.4. The summed E-state index contributed by atoms with van der Waals surface area (Å²) in [6, 6.07) is 12.1. The quantitative estimate of drug-likeness (QED) is 0.446. The Labute approximate surface area is 183 Å². The van der Waals surface area contributed by atoms with Crippen LogP contribution in [0.25, 0.3) is 0 Å². The van der Waals surface area contributed by atoms with Crippen LogP contribution in [-0.2, 0) is 16.4 Å². The number of benzene rings is 2. The van der Waals surface area contributed by atoms with E-state index in [1.54, 1.807) is 38.5 Å². The molecular weight excluding hydrogens is 430 g/mol. The summed E-state index contributed by atoms with van der Waals surface area (Å²) in [6.07, 6.45) is 1.90. The molecule has 0 saturated heterocycles. The van der Waals surface area contributed by atoms with Crippen LogP contribution in [0.3, 0.4) is 0 Å². The van der Waals surface area contributed by atoms with Crippen LogP contribution in [0, 0.1) is 0 Å². The molecule has 10 heteroatoms. The fourth-order valence-electron chi connectivity index (χ4n) is 2.66. The van der Waals surface area contributed by atoms with Gasteiger partial charge in [-0.15, -0.1) is 12.4 Å². The summed E-state index contributed by atoms with van der Waals surface area (Å²) in [5, 5.41) is 6.10. The van der Waals surface area contributed by atoms with Gasteiger partial charge in [0.25, 0.3) is 5.91 Å². The van der Waals surface area contributed by atoms with Gasteiger partial charge in [-0.3, -0.25) is 9.52 Å². The Morgan fingerprint density at radius 2 is 1.60 bits per heavy atom. The molecule has 0 atom stereocenters. The molecule has 1 amide bonds. The number of hydrogen-bond donors (Lipinski definition) is 3. The molecular formula is C20H28ClN3O5S. The third kappa shape index (κ3) is 8.48. The Hall–Kier alpha value is -2.49. The van der Waals surface area contributed by atoms with E-state index in [1.165, 1.54) is 0 Å². The van der Waals surface area contributed by atoms with E-state index in [1.807, 2.05) is 18.2 Å². The number of carbonyl (C=O) groups excluding carboxylic acids is 1. The minimum Gasteiger partial charge on any atom is -0.493 e. The molecule has 0 aromatic heterocycles. The third-order valence-electron chi connectivity index (χ3n) is 4.08. The lowest BCUT2D eigenvalue weighted by Crippen LogP contribution is -2.32. The zero-order chi connectivity index (χ0) is 21.3.